The van der Waals surface area contributed by atoms with E-state index in [4.69, 9.17) is 4.98 Å². The SMILES string of the molecule is Cc1cc(N[C@@H]2c3ccccc3C[C@H]2O)nc(N2CCCCC2)n1. The number of aromatic nitrogens is 2. The highest BCUT2D eigenvalue weighted by Gasteiger charge is 2.31. The molecule has 1 saturated heterocycles. The van der Waals surface area contributed by atoms with Crippen molar-refractivity contribution in [3.63, 3.8) is 0 Å². The molecule has 1 aromatic heterocycles. The van der Waals surface area contributed by atoms with Gasteiger partial charge in [0.05, 0.1) is 12.1 Å². The molecule has 2 heterocycles. The number of aryl methyl sites for hydroxylation is 1. The zero-order chi connectivity index (χ0) is 16.5. The van der Waals surface area contributed by atoms with Gasteiger partial charge in [0.2, 0.25) is 5.95 Å². The van der Waals surface area contributed by atoms with Crippen molar-refractivity contribution in [1.82, 2.24) is 9.97 Å². The summed E-state index contributed by atoms with van der Waals surface area (Å²) in [5, 5.41) is 13.9. The van der Waals surface area contributed by atoms with Crippen molar-refractivity contribution in [3.05, 3.63) is 47.2 Å². The highest BCUT2D eigenvalue weighted by atomic mass is 16.3. The maximum Gasteiger partial charge on any atom is 0.227 e. The molecular weight excluding hydrogens is 300 g/mol. The minimum atomic E-state index is -0.420. The lowest BCUT2D eigenvalue weighted by atomic mass is 10.1. The Morgan fingerprint density at radius 2 is 1.92 bits per heavy atom. The van der Waals surface area contributed by atoms with Crippen LogP contribution in [-0.2, 0) is 6.42 Å². The molecule has 0 radical (unpaired) electrons. The van der Waals surface area contributed by atoms with E-state index in [0.717, 1.165) is 30.5 Å². The summed E-state index contributed by atoms with van der Waals surface area (Å²) >= 11 is 0. The monoisotopic (exact) mass is 324 g/mol. The number of hydrogen-bond donors (Lipinski definition) is 2. The van der Waals surface area contributed by atoms with Gasteiger partial charge in [-0.25, -0.2) is 4.98 Å². The number of anilines is 2. The van der Waals surface area contributed by atoms with Gasteiger partial charge in [0, 0.05) is 31.3 Å². The number of aliphatic hydroxyl groups excluding tert-OH is 1. The van der Waals surface area contributed by atoms with Crippen molar-refractivity contribution in [2.45, 2.75) is 44.8 Å². The zero-order valence-electron chi connectivity index (χ0n) is 14.1. The van der Waals surface area contributed by atoms with E-state index >= 15 is 0 Å². The van der Waals surface area contributed by atoms with Crippen LogP contribution in [0.3, 0.4) is 0 Å². The van der Waals surface area contributed by atoms with Crippen LogP contribution < -0.4 is 10.2 Å². The normalized spacial score (nSPS) is 23.2. The third-order valence-corrected chi connectivity index (χ3v) is 4.99. The predicted molar refractivity (Wildman–Crippen MR) is 95.3 cm³/mol. The smallest absolute Gasteiger partial charge is 0.227 e. The molecular formula is C19H24N4O. The van der Waals surface area contributed by atoms with E-state index in [9.17, 15) is 5.11 Å². The van der Waals surface area contributed by atoms with E-state index in [1.54, 1.807) is 0 Å². The fraction of sp³-hybridized carbons (Fsp3) is 0.474. The summed E-state index contributed by atoms with van der Waals surface area (Å²) in [6, 6.07) is 10.1. The van der Waals surface area contributed by atoms with Crippen LogP contribution >= 0.6 is 0 Å². The molecule has 2 aliphatic rings. The van der Waals surface area contributed by atoms with Gasteiger partial charge in [-0.2, -0.15) is 4.98 Å². The number of hydrogen-bond acceptors (Lipinski definition) is 5. The number of nitrogens with zero attached hydrogens (tertiary/aromatic N) is 3. The molecule has 2 atom stereocenters. The Balaban J connectivity index is 1.59. The molecule has 0 amide bonds. The molecule has 126 valence electrons. The van der Waals surface area contributed by atoms with Gasteiger partial charge in [-0.15, -0.1) is 0 Å². The number of piperidine rings is 1. The largest absolute Gasteiger partial charge is 0.390 e. The Kier molecular flexibility index (Phi) is 4.10. The third kappa shape index (κ3) is 2.96. The van der Waals surface area contributed by atoms with Gasteiger partial charge in [-0.3, -0.25) is 0 Å². The first kappa shape index (κ1) is 15.4. The summed E-state index contributed by atoms with van der Waals surface area (Å²) in [5.41, 5.74) is 3.33. The minimum absolute atomic E-state index is 0.107. The van der Waals surface area contributed by atoms with E-state index in [1.165, 1.54) is 30.4 Å². The van der Waals surface area contributed by atoms with Gasteiger partial charge < -0.3 is 15.3 Å². The first-order valence-electron chi connectivity index (χ1n) is 8.84. The second-order valence-corrected chi connectivity index (χ2v) is 6.83. The summed E-state index contributed by atoms with van der Waals surface area (Å²) in [6.07, 6.45) is 3.97. The molecule has 0 bridgehead atoms. The highest BCUT2D eigenvalue weighted by Crippen LogP contribution is 2.34. The van der Waals surface area contributed by atoms with Crippen molar-refractivity contribution in [2.75, 3.05) is 23.3 Å². The fourth-order valence-electron chi connectivity index (χ4n) is 3.77. The number of benzene rings is 1. The molecule has 5 nitrogen and oxygen atoms in total. The molecule has 2 N–H and O–H groups in total. The Bertz CT molecular complexity index is 727. The molecule has 1 aliphatic carbocycles. The van der Waals surface area contributed by atoms with Crippen LogP contribution in [0.4, 0.5) is 11.8 Å². The van der Waals surface area contributed by atoms with Crippen molar-refractivity contribution in [1.29, 1.82) is 0 Å². The number of fused-ring (bicyclic) bond motifs is 1. The average Bonchev–Trinajstić information content (AvgIpc) is 2.91. The van der Waals surface area contributed by atoms with Crippen LogP contribution in [0, 0.1) is 6.92 Å². The number of nitrogens with one attached hydrogen (secondary N) is 1. The summed E-state index contributed by atoms with van der Waals surface area (Å²) in [4.78, 5) is 11.6. The van der Waals surface area contributed by atoms with Gasteiger partial charge in [-0.05, 0) is 37.3 Å². The van der Waals surface area contributed by atoms with Crippen LogP contribution in [0.2, 0.25) is 0 Å². The Hall–Kier alpha value is -2.14. The lowest BCUT2D eigenvalue weighted by Gasteiger charge is -2.27. The molecule has 2 aromatic rings. The second-order valence-electron chi connectivity index (χ2n) is 6.83. The van der Waals surface area contributed by atoms with Crippen molar-refractivity contribution in [2.24, 2.45) is 0 Å². The lowest BCUT2D eigenvalue weighted by Crippen LogP contribution is -2.31. The summed E-state index contributed by atoms with van der Waals surface area (Å²) in [5.74, 6) is 1.60. The van der Waals surface area contributed by atoms with Gasteiger partial charge in [0.15, 0.2) is 0 Å². The molecule has 0 spiro atoms. The van der Waals surface area contributed by atoms with Crippen molar-refractivity contribution >= 4 is 11.8 Å². The predicted octanol–water partition coefficient (Wildman–Crippen LogP) is 2.85. The van der Waals surface area contributed by atoms with E-state index in [2.05, 4.69) is 27.3 Å². The highest BCUT2D eigenvalue weighted by molar-refractivity contribution is 5.48. The number of rotatable bonds is 3. The minimum Gasteiger partial charge on any atom is -0.390 e. The first-order valence-corrected chi connectivity index (χ1v) is 8.84. The summed E-state index contributed by atoms with van der Waals surface area (Å²) in [7, 11) is 0. The molecule has 1 aliphatic heterocycles. The molecule has 1 fully saturated rings. The lowest BCUT2D eigenvalue weighted by molar-refractivity contribution is 0.165. The summed E-state index contributed by atoms with van der Waals surface area (Å²) < 4.78 is 0. The molecule has 0 saturated carbocycles. The second kappa shape index (κ2) is 6.40. The van der Waals surface area contributed by atoms with Crippen LogP contribution in [0.25, 0.3) is 0 Å². The molecule has 24 heavy (non-hydrogen) atoms. The van der Waals surface area contributed by atoms with E-state index in [-0.39, 0.29) is 6.04 Å². The van der Waals surface area contributed by atoms with Gasteiger partial charge >= 0.3 is 0 Å². The number of aliphatic hydroxyl groups is 1. The van der Waals surface area contributed by atoms with Gasteiger partial charge in [0.25, 0.3) is 0 Å². The van der Waals surface area contributed by atoms with Gasteiger partial charge in [-0.1, -0.05) is 24.3 Å². The van der Waals surface area contributed by atoms with E-state index < -0.39 is 6.10 Å². The zero-order valence-corrected chi connectivity index (χ0v) is 14.1. The maximum absolute atomic E-state index is 10.4. The first-order chi connectivity index (χ1) is 11.7. The molecule has 1 aromatic carbocycles. The van der Waals surface area contributed by atoms with E-state index in [0.29, 0.717) is 6.42 Å². The van der Waals surface area contributed by atoms with Crippen molar-refractivity contribution in [3.8, 4) is 0 Å². The van der Waals surface area contributed by atoms with E-state index in [1.807, 2.05) is 25.1 Å². The Morgan fingerprint density at radius 3 is 2.75 bits per heavy atom. The fourth-order valence-corrected chi connectivity index (χ4v) is 3.77. The van der Waals surface area contributed by atoms with Crippen LogP contribution in [0.5, 0.6) is 0 Å². The molecule has 5 heteroatoms. The van der Waals surface area contributed by atoms with Crippen LogP contribution in [-0.4, -0.2) is 34.3 Å². The maximum atomic E-state index is 10.4. The van der Waals surface area contributed by atoms with Crippen molar-refractivity contribution < 1.29 is 5.11 Å². The Morgan fingerprint density at radius 1 is 1.12 bits per heavy atom. The molecule has 0 unspecified atom stereocenters. The quantitative estimate of drug-likeness (QED) is 0.909. The van der Waals surface area contributed by atoms with Gasteiger partial charge in [0.1, 0.15) is 5.82 Å². The van der Waals surface area contributed by atoms with Crippen LogP contribution in [0.1, 0.15) is 42.1 Å². The third-order valence-electron chi connectivity index (χ3n) is 4.99. The van der Waals surface area contributed by atoms with Crippen LogP contribution in [0.15, 0.2) is 30.3 Å². The topological polar surface area (TPSA) is 61.3 Å². The summed E-state index contributed by atoms with van der Waals surface area (Å²) in [6.45, 7) is 4.05. The average molecular weight is 324 g/mol. The Labute approximate surface area is 142 Å². The standard InChI is InChI=1S/C19H24N4O/c1-13-11-17(22-19(20-13)23-9-5-2-6-10-23)21-18-15-8-4-3-7-14(15)12-16(18)24/h3-4,7-8,11,16,18,24H,2,5-6,9-10,12H2,1H3,(H,20,21,22)/t16-,18-/m1/s1. The molecule has 4 rings (SSSR count).